The molecule has 1 fully saturated rings. The van der Waals surface area contributed by atoms with E-state index in [-0.39, 0.29) is 23.4 Å². The van der Waals surface area contributed by atoms with Crippen LogP contribution in [0.5, 0.6) is 5.75 Å². The molecule has 0 bridgehead atoms. The summed E-state index contributed by atoms with van der Waals surface area (Å²) in [5, 5.41) is 2.52. The molecular weight excluding hydrogens is 466 g/mol. The summed E-state index contributed by atoms with van der Waals surface area (Å²) in [5.74, 6) is -5.60. The molecule has 0 aliphatic carbocycles. The molecule has 2 aromatic carbocycles. The summed E-state index contributed by atoms with van der Waals surface area (Å²) in [6, 6.07) is 3.16. The van der Waals surface area contributed by atoms with E-state index < -0.39 is 45.9 Å². The van der Waals surface area contributed by atoms with Crippen LogP contribution in [0.4, 0.5) is 29.1 Å². The van der Waals surface area contributed by atoms with Crippen molar-refractivity contribution in [2.24, 2.45) is 11.7 Å². The van der Waals surface area contributed by atoms with Crippen molar-refractivity contribution in [2.75, 3.05) is 30.4 Å². The van der Waals surface area contributed by atoms with Crippen molar-refractivity contribution >= 4 is 17.4 Å². The minimum atomic E-state index is -1.42. The molecule has 1 saturated heterocycles. The van der Waals surface area contributed by atoms with Crippen LogP contribution in [0.25, 0.3) is 11.1 Å². The number of piperidine rings is 1. The van der Waals surface area contributed by atoms with E-state index in [0.29, 0.717) is 18.9 Å². The molecule has 2 atom stereocenters. The molecular formula is C24H23F4N5O2. The Morgan fingerprint density at radius 3 is 2.49 bits per heavy atom. The van der Waals surface area contributed by atoms with Crippen LogP contribution in [0.1, 0.15) is 23.7 Å². The highest BCUT2D eigenvalue weighted by Gasteiger charge is 2.28. The fourth-order valence-electron chi connectivity index (χ4n) is 4.29. The summed E-state index contributed by atoms with van der Waals surface area (Å²) in [5.41, 5.74) is 3.73. The van der Waals surface area contributed by atoms with E-state index >= 15 is 4.39 Å². The van der Waals surface area contributed by atoms with E-state index in [9.17, 15) is 18.0 Å². The van der Waals surface area contributed by atoms with Gasteiger partial charge in [0.1, 0.15) is 41.0 Å². The lowest BCUT2D eigenvalue weighted by atomic mass is 9.96. The average Bonchev–Trinajstić information content (AvgIpc) is 2.80. The van der Waals surface area contributed by atoms with Gasteiger partial charge in [-0.05, 0) is 24.5 Å². The third-order valence-electron chi connectivity index (χ3n) is 5.77. The lowest BCUT2D eigenvalue weighted by Gasteiger charge is -2.36. The molecule has 35 heavy (non-hydrogen) atoms. The third kappa shape index (κ3) is 4.90. The summed E-state index contributed by atoms with van der Waals surface area (Å²) in [7, 11) is 1.19. The van der Waals surface area contributed by atoms with Gasteiger partial charge in [-0.15, -0.1) is 0 Å². The lowest BCUT2D eigenvalue weighted by molar-refractivity contribution is 0.102. The number of anilines is 2. The van der Waals surface area contributed by atoms with E-state index in [1.54, 1.807) is 0 Å². The zero-order valence-electron chi connectivity index (χ0n) is 19.0. The lowest BCUT2D eigenvalue weighted by Crippen LogP contribution is -2.47. The predicted molar refractivity (Wildman–Crippen MR) is 122 cm³/mol. The van der Waals surface area contributed by atoms with Gasteiger partial charge in [-0.2, -0.15) is 0 Å². The van der Waals surface area contributed by atoms with Gasteiger partial charge in [-0.1, -0.05) is 6.92 Å². The first-order chi connectivity index (χ1) is 16.7. The molecule has 3 N–H and O–H groups in total. The maximum absolute atomic E-state index is 15.3. The number of nitrogens with one attached hydrogen (secondary N) is 1. The first kappa shape index (κ1) is 24.4. The van der Waals surface area contributed by atoms with Crippen LogP contribution >= 0.6 is 0 Å². The van der Waals surface area contributed by atoms with Crippen molar-refractivity contribution in [1.29, 1.82) is 0 Å². The molecule has 1 aliphatic rings. The SMILES string of the molecule is COc1cc(F)c(-c2c(F)ccc(C(=O)Nc3cncnc3N3C[C@H](C)C[C@H](N)C3)c2F)c(F)c1. The zero-order chi connectivity index (χ0) is 25.3. The molecule has 1 aromatic heterocycles. The summed E-state index contributed by atoms with van der Waals surface area (Å²) in [4.78, 5) is 23.0. The Hall–Kier alpha value is -3.73. The number of methoxy groups -OCH3 is 1. The molecule has 0 unspecified atom stereocenters. The van der Waals surface area contributed by atoms with Crippen molar-refractivity contribution in [3.8, 4) is 16.9 Å². The van der Waals surface area contributed by atoms with E-state index in [1.165, 1.54) is 19.6 Å². The Bertz CT molecular complexity index is 1240. The van der Waals surface area contributed by atoms with Crippen molar-refractivity contribution in [3.63, 3.8) is 0 Å². The number of carbonyl (C=O) groups excluding carboxylic acids is 1. The van der Waals surface area contributed by atoms with Crippen LogP contribution < -0.4 is 20.7 Å². The van der Waals surface area contributed by atoms with Gasteiger partial charge in [0.25, 0.3) is 5.91 Å². The normalized spacial score (nSPS) is 17.9. The van der Waals surface area contributed by atoms with Crippen LogP contribution in [0.2, 0.25) is 0 Å². The third-order valence-corrected chi connectivity index (χ3v) is 5.77. The second kappa shape index (κ2) is 9.87. The van der Waals surface area contributed by atoms with Gasteiger partial charge >= 0.3 is 0 Å². The Balaban J connectivity index is 1.69. The Morgan fingerprint density at radius 1 is 1.11 bits per heavy atom. The minimum Gasteiger partial charge on any atom is -0.497 e. The second-order valence-corrected chi connectivity index (χ2v) is 8.47. The number of amides is 1. The second-order valence-electron chi connectivity index (χ2n) is 8.47. The smallest absolute Gasteiger partial charge is 0.258 e. The molecule has 0 saturated carbocycles. The number of hydrogen-bond donors (Lipinski definition) is 2. The predicted octanol–water partition coefficient (Wildman–Crippen LogP) is 4.13. The van der Waals surface area contributed by atoms with E-state index in [0.717, 1.165) is 30.7 Å². The number of carbonyl (C=O) groups is 1. The minimum absolute atomic E-state index is 0.0938. The van der Waals surface area contributed by atoms with Gasteiger partial charge in [-0.3, -0.25) is 4.79 Å². The number of benzene rings is 2. The molecule has 0 spiro atoms. The van der Waals surface area contributed by atoms with Crippen LogP contribution in [0.15, 0.2) is 36.8 Å². The maximum atomic E-state index is 15.3. The van der Waals surface area contributed by atoms with Crippen LogP contribution in [-0.2, 0) is 0 Å². The standard InChI is InChI=1S/C24H23F4N5O2/c1-12-5-13(29)10-33(9-12)23-19(8-30-11-31-23)32-24(34)15-3-4-16(25)21(22(15)28)20-17(26)6-14(35-2)7-18(20)27/h3-4,6-8,11-13H,5,9-10,29H2,1-2H3,(H,32,34)/t12-,13+/m1/s1. The average molecular weight is 489 g/mol. The van der Waals surface area contributed by atoms with Crippen LogP contribution in [-0.4, -0.2) is 42.1 Å². The molecule has 11 heteroatoms. The van der Waals surface area contributed by atoms with Gasteiger partial charge in [0.15, 0.2) is 5.82 Å². The first-order valence-electron chi connectivity index (χ1n) is 10.8. The highest BCUT2D eigenvalue weighted by atomic mass is 19.1. The topological polar surface area (TPSA) is 93.4 Å². The fraction of sp³-hybridized carbons (Fsp3) is 0.292. The van der Waals surface area contributed by atoms with E-state index in [1.807, 2.05) is 11.8 Å². The number of rotatable bonds is 5. The zero-order valence-corrected chi connectivity index (χ0v) is 19.0. The Kier molecular flexibility index (Phi) is 6.88. The van der Waals surface area contributed by atoms with Gasteiger partial charge in [0.2, 0.25) is 0 Å². The fourth-order valence-corrected chi connectivity index (χ4v) is 4.29. The van der Waals surface area contributed by atoms with Crippen molar-refractivity contribution in [1.82, 2.24) is 9.97 Å². The van der Waals surface area contributed by atoms with E-state index in [4.69, 9.17) is 10.5 Å². The maximum Gasteiger partial charge on any atom is 0.258 e. The van der Waals surface area contributed by atoms with Crippen molar-refractivity contribution in [2.45, 2.75) is 19.4 Å². The number of nitrogens with zero attached hydrogens (tertiary/aromatic N) is 3. The quantitative estimate of drug-likeness (QED) is 0.524. The molecule has 7 nitrogen and oxygen atoms in total. The summed E-state index contributed by atoms with van der Waals surface area (Å²) < 4.78 is 63.8. The molecule has 1 aliphatic heterocycles. The number of hydrogen-bond acceptors (Lipinski definition) is 6. The highest BCUT2D eigenvalue weighted by molar-refractivity contribution is 6.06. The van der Waals surface area contributed by atoms with Crippen LogP contribution in [0.3, 0.4) is 0 Å². The van der Waals surface area contributed by atoms with Gasteiger partial charge in [0.05, 0.1) is 30.0 Å². The van der Waals surface area contributed by atoms with Gasteiger partial charge in [-0.25, -0.2) is 27.5 Å². The highest BCUT2D eigenvalue weighted by Crippen LogP contribution is 2.35. The van der Waals surface area contributed by atoms with Gasteiger partial charge in [0, 0.05) is 31.3 Å². The molecule has 2 heterocycles. The number of ether oxygens (including phenoxy) is 1. The van der Waals surface area contributed by atoms with E-state index in [2.05, 4.69) is 15.3 Å². The largest absolute Gasteiger partial charge is 0.497 e. The Labute approximate surface area is 198 Å². The van der Waals surface area contributed by atoms with Crippen LogP contribution in [0, 0.1) is 29.2 Å². The molecule has 184 valence electrons. The Morgan fingerprint density at radius 2 is 1.83 bits per heavy atom. The number of halogens is 4. The summed E-state index contributed by atoms with van der Waals surface area (Å²) in [6.07, 6.45) is 3.49. The molecule has 4 rings (SSSR count). The van der Waals surface area contributed by atoms with Crippen molar-refractivity contribution < 1.29 is 27.1 Å². The van der Waals surface area contributed by atoms with Gasteiger partial charge < -0.3 is 20.7 Å². The molecule has 0 radical (unpaired) electrons. The molecule has 3 aromatic rings. The number of aromatic nitrogens is 2. The number of nitrogens with two attached hydrogens (primary N) is 1. The first-order valence-corrected chi connectivity index (χ1v) is 10.8. The summed E-state index contributed by atoms with van der Waals surface area (Å²) in [6.45, 7) is 3.17. The monoisotopic (exact) mass is 489 g/mol. The van der Waals surface area contributed by atoms with Crippen molar-refractivity contribution in [3.05, 3.63) is 65.6 Å². The molecule has 1 amide bonds. The summed E-state index contributed by atoms with van der Waals surface area (Å²) >= 11 is 0.